The Morgan fingerprint density at radius 3 is 2.25 bits per heavy atom. The van der Waals surface area contributed by atoms with E-state index >= 15 is 0 Å². The first-order valence-electron chi connectivity index (χ1n) is 10.3. The summed E-state index contributed by atoms with van der Waals surface area (Å²) in [5.74, 6) is 0.0234. The first-order chi connectivity index (χ1) is 13.8. The number of carbonyl (C=O) groups is 1. The Morgan fingerprint density at radius 2 is 1.43 bits per heavy atom. The number of anilines is 1. The van der Waals surface area contributed by atoms with Gasteiger partial charge in [0, 0.05) is 35.9 Å². The van der Waals surface area contributed by atoms with Crippen molar-refractivity contribution in [2.24, 2.45) is 0 Å². The van der Waals surface area contributed by atoms with Gasteiger partial charge in [-0.1, -0.05) is 62.1 Å². The van der Waals surface area contributed by atoms with E-state index in [0.29, 0.717) is 0 Å². The number of hydrogen-bond acceptors (Lipinski definition) is 3. The molecule has 2 N–H and O–H groups in total. The highest BCUT2D eigenvalue weighted by Crippen LogP contribution is 2.20. The predicted octanol–water partition coefficient (Wildman–Crippen LogP) is 5.42. The van der Waals surface area contributed by atoms with Crippen LogP contribution in [-0.4, -0.2) is 24.0 Å². The summed E-state index contributed by atoms with van der Waals surface area (Å²) in [6.45, 7) is 1.74. The van der Waals surface area contributed by atoms with Crippen LogP contribution in [0.5, 0.6) is 0 Å². The van der Waals surface area contributed by atoms with E-state index < -0.39 is 0 Å². The molecule has 28 heavy (non-hydrogen) atoms. The fraction of sp³-hybridized carbons (Fsp3) is 0.333. The Balaban J connectivity index is 1.22. The summed E-state index contributed by atoms with van der Waals surface area (Å²) in [6, 6.07) is 19.7. The van der Waals surface area contributed by atoms with Crippen molar-refractivity contribution in [3.05, 3.63) is 72.4 Å². The topological polar surface area (TPSA) is 54.0 Å². The summed E-state index contributed by atoms with van der Waals surface area (Å²) in [7, 11) is 0. The number of para-hydroxylation sites is 1. The van der Waals surface area contributed by atoms with Crippen molar-refractivity contribution in [1.82, 2.24) is 10.3 Å². The summed E-state index contributed by atoms with van der Waals surface area (Å²) in [4.78, 5) is 16.3. The SMILES string of the molecule is O=C(NCCCCCCCCNc1ccnc2ccccc12)c1ccccc1. The molecule has 0 aliphatic heterocycles. The lowest BCUT2D eigenvalue weighted by molar-refractivity contribution is 0.0953. The molecule has 4 heteroatoms. The van der Waals surface area contributed by atoms with Crippen LogP contribution in [0.1, 0.15) is 48.9 Å². The molecule has 0 spiro atoms. The van der Waals surface area contributed by atoms with Crippen LogP contribution >= 0.6 is 0 Å². The number of nitrogens with zero attached hydrogens (tertiary/aromatic N) is 1. The molecule has 1 aromatic heterocycles. The minimum Gasteiger partial charge on any atom is -0.384 e. The molecule has 0 bridgehead atoms. The molecule has 0 saturated heterocycles. The molecule has 0 atom stereocenters. The third-order valence-electron chi connectivity index (χ3n) is 4.89. The molecule has 4 nitrogen and oxygen atoms in total. The van der Waals surface area contributed by atoms with E-state index in [9.17, 15) is 4.79 Å². The zero-order valence-electron chi connectivity index (χ0n) is 16.4. The maximum absolute atomic E-state index is 11.9. The molecular weight excluding hydrogens is 346 g/mol. The minimum absolute atomic E-state index is 0.0234. The third-order valence-corrected chi connectivity index (χ3v) is 4.89. The van der Waals surface area contributed by atoms with Crippen LogP contribution in [0.15, 0.2) is 66.9 Å². The van der Waals surface area contributed by atoms with Crippen LogP contribution in [0.3, 0.4) is 0 Å². The number of carbonyl (C=O) groups excluding carboxylic acids is 1. The zero-order valence-corrected chi connectivity index (χ0v) is 16.4. The third kappa shape index (κ3) is 6.08. The Labute approximate surface area is 167 Å². The van der Waals surface area contributed by atoms with Crippen molar-refractivity contribution in [2.75, 3.05) is 18.4 Å². The summed E-state index contributed by atoms with van der Waals surface area (Å²) < 4.78 is 0. The van der Waals surface area contributed by atoms with Gasteiger partial charge in [0.25, 0.3) is 5.91 Å². The average Bonchev–Trinajstić information content (AvgIpc) is 2.75. The second-order valence-corrected chi connectivity index (χ2v) is 7.05. The number of unbranched alkanes of at least 4 members (excludes halogenated alkanes) is 5. The number of hydrogen-bond donors (Lipinski definition) is 2. The average molecular weight is 376 g/mol. The fourth-order valence-corrected chi connectivity index (χ4v) is 3.32. The van der Waals surface area contributed by atoms with Gasteiger partial charge < -0.3 is 10.6 Å². The number of benzene rings is 2. The van der Waals surface area contributed by atoms with Gasteiger partial charge in [0.15, 0.2) is 0 Å². The van der Waals surface area contributed by atoms with Crippen molar-refractivity contribution in [3.8, 4) is 0 Å². The molecule has 0 fully saturated rings. The summed E-state index contributed by atoms with van der Waals surface area (Å²) in [6.07, 6.45) is 8.93. The van der Waals surface area contributed by atoms with E-state index in [4.69, 9.17) is 0 Å². The molecule has 0 unspecified atom stereocenters. The van der Waals surface area contributed by atoms with Gasteiger partial charge in [0.05, 0.1) is 5.52 Å². The lowest BCUT2D eigenvalue weighted by Crippen LogP contribution is -2.24. The zero-order chi connectivity index (χ0) is 19.4. The molecule has 0 aliphatic carbocycles. The van der Waals surface area contributed by atoms with Crippen LogP contribution < -0.4 is 10.6 Å². The van der Waals surface area contributed by atoms with Crippen molar-refractivity contribution in [2.45, 2.75) is 38.5 Å². The Hall–Kier alpha value is -2.88. The van der Waals surface area contributed by atoms with E-state index in [2.05, 4.69) is 27.8 Å². The van der Waals surface area contributed by atoms with Crippen LogP contribution in [-0.2, 0) is 0 Å². The Morgan fingerprint density at radius 1 is 0.750 bits per heavy atom. The van der Waals surface area contributed by atoms with Crippen LogP contribution in [0.4, 0.5) is 5.69 Å². The quantitative estimate of drug-likeness (QED) is 0.440. The van der Waals surface area contributed by atoms with Gasteiger partial charge in [-0.05, 0) is 37.1 Å². The van der Waals surface area contributed by atoms with Gasteiger partial charge in [0.2, 0.25) is 0 Å². The van der Waals surface area contributed by atoms with Crippen molar-refractivity contribution >= 4 is 22.5 Å². The molecule has 3 rings (SSSR count). The van der Waals surface area contributed by atoms with E-state index in [1.165, 1.54) is 36.8 Å². The first kappa shape index (κ1) is 19.9. The van der Waals surface area contributed by atoms with Crippen LogP contribution in [0, 0.1) is 0 Å². The summed E-state index contributed by atoms with van der Waals surface area (Å²) in [5.41, 5.74) is 2.93. The van der Waals surface area contributed by atoms with Crippen LogP contribution in [0.2, 0.25) is 0 Å². The maximum atomic E-state index is 11.9. The molecule has 3 aromatic rings. The number of aromatic nitrogens is 1. The van der Waals surface area contributed by atoms with Crippen molar-refractivity contribution in [3.63, 3.8) is 0 Å². The summed E-state index contributed by atoms with van der Waals surface area (Å²) in [5, 5.41) is 7.71. The van der Waals surface area contributed by atoms with Gasteiger partial charge in [-0.2, -0.15) is 0 Å². The van der Waals surface area contributed by atoms with E-state index in [0.717, 1.165) is 37.0 Å². The number of nitrogens with one attached hydrogen (secondary N) is 2. The predicted molar refractivity (Wildman–Crippen MR) is 117 cm³/mol. The molecule has 1 amide bonds. The van der Waals surface area contributed by atoms with E-state index in [1.807, 2.05) is 54.7 Å². The number of pyridine rings is 1. The number of rotatable bonds is 11. The van der Waals surface area contributed by atoms with Crippen molar-refractivity contribution in [1.29, 1.82) is 0 Å². The molecule has 0 saturated carbocycles. The highest BCUT2D eigenvalue weighted by Gasteiger charge is 2.03. The molecular formula is C24H29N3O. The lowest BCUT2D eigenvalue weighted by Gasteiger charge is -2.09. The molecule has 2 aromatic carbocycles. The Bertz CT molecular complexity index is 859. The lowest BCUT2D eigenvalue weighted by atomic mass is 10.1. The van der Waals surface area contributed by atoms with Gasteiger partial charge in [-0.25, -0.2) is 0 Å². The molecule has 146 valence electrons. The molecule has 0 aliphatic rings. The molecule has 1 heterocycles. The molecule has 0 radical (unpaired) electrons. The summed E-state index contributed by atoms with van der Waals surface area (Å²) >= 11 is 0. The second kappa shape index (κ2) is 11.1. The Kier molecular flexibility index (Phi) is 7.86. The number of amides is 1. The standard InChI is InChI=1S/C24H29N3O/c28-24(20-12-6-5-7-13-20)27-18-11-4-2-1-3-10-17-25-23-16-19-26-22-15-9-8-14-21(22)23/h5-9,12-16,19H,1-4,10-11,17-18H2,(H,25,26)(H,27,28). The highest BCUT2D eigenvalue weighted by molar-refractivity contribution is 5.94. The minimum atomic E-state index is 0.0234. The first-order valence-corrected chi connectivity index (χ1v) is 10.3. The van der Waals surface area contributed by atoms with Gasteiger partial charge >= 0.3 is 0 Å². The normalized spacial score (nSPS) is 10.7. The largest absolute Gasteiger partial charge is 0.384 e. The number of fused-ring (bicyclic) bond motifs is 1. The van der Waals surface area contributed by atoms with Gasteiger partial charge in [-0.15, -0.1) is 0 Å². The highest BCUT2D eigenvalue weighted by atomic mass is 16.1. The van der Waals surface area contributed by atoms with Gasteiger partial charge in [0.1, 0.15) is 0 Å². The maximum Gasteiger partial charge on any atom is 0.251 e. The van der Waals surface area contributed by atoms with Crippen molar-refractivity contribution < 1.29 is 4.79 Å². The van der Waals surface area contributed by atoms with E-state index in [-0.39, 0.29) is 5.91 Å². The van der Waals surface area contributed by atoms with E-state index in [1.54, 1.807) is 0 Å². The monoisotopic (exact) mass is 375 g/mol. The van der Waals surface area contributed by atoms with Crippen LogP contribution in [0.25, 0.3) is 10.9 Å². The fourth-order valence-electron chi connectivity index (χ4n) is 3.32. The second-order valence-electron chi connectivity index (χ2n) is 7.05. The smallest absolute Gasteiger partial charge is 0.251 e. The van der Waals surface area contributed by atoms with Gasteiger partial charge in [-0.3, -0.25) is 9.78 Å².